The Bertz CT molecular complexity index is 552. The lowest BCUT2D eigenvalue weighted by molar-refractivity contribution is 0.263. The number of hydrogen-bond donors (Lipinski definition) is 1. The number of sulfonamides is 1. The summed E-state index contributed by atoms with van der Waals surface area (Å²) in [7, 11) is -1.36. The van der Waals surface area contributed by atoms with Gasteiger partial charge in [-0.15, -0.1) is 12.4 Å². The molecule has 4 nitrogen and oxygen atoms in total. The van der Waals surface area contributed by atoms with Crippen LogP contribution in [0.1, 0.15) is 38.2 Å². The van der Waals surface area contributed by atoms with Crippen molar-refractivity contribution in [3.05, 3.63) is 29.8 Å². The molecule has 2 rings (SSSR count). The molecule has 0 aromatic heterocycles. The van der Waals surface area contributed by atoms with Crippen molar-refractivity contribution >= 4 is 22.4 Å². The molecule has 1 aliphatic heterocycles. The monoisotopic (exact) mass is 360 g/mol. The SMILES string of the molecule is CCCc1ccc(S(=O)(=O)N2CCC(CCNC)CC2)cc1.Cl. The van der Waals surface area contributed by atoms with Crippen molar-refractivity contribution in [1.82, 2.24) is 9.62 Å². The highest BCUT2D eigenvalue weighted by atomic mass is 35.5. The zero-order valence-corrected chi connectivity index (χ0v) is 15.8. The normalized spacial score (nSPS) is 17.0. The van der Waals surface area contributed by atoms with Crippen molar-refractivity contribution in [1.29, 1.82) is 0 Å². The van der Waals surface area contributed by atoms with Crippen LogP contribution in [0.15, 0.2) is 29.2 Å². The number of piperidine rings is 1. The van der Waals surface area contributed by atoms with E-state index in [4.69, 9.17) is 0 Å². The van der Waals surface area contributed by atoms with E-state index in [1.165, 1.54) is 5.56 Å². The van der Waals surface area contributed by atoms with Crippen LogP contribution < -0.4 is 5.32 Å². The van der Waals surface area contributed by atoms with Gasteiger partial charge in [0.25, 0.3) is 0 Å². The van der Waals surface area contributed by atoms with E-state index in [0.717, 1.165) is 38.6 Å². The van der Waals surface area contributed by atoms with E-state index in [-0.39, 0.29) is 12.4 Å². The van der Waals surface area contributed by atoms with E-state index < -0.39 is 10.0 Å². The van der Waals surface area contributed by atoms with Gasteiger partial charge in [-0.2, -0.15) is 4.31 Å². The maximum Gasteiger partial charge on any atom is 0.243 e. The molecule has 1 N–H and O–H groups in total. The predicted molar refractivity (Wildman–Crippen MR) is 97.7 cm³/mol. The Kier molecular flexibility index (Phi) is 8.54. The molecule has 6 heteroatoms. The van der Waals surface area contributed by atoms with Gasteiger partial charge in [-0.1, -0.05) is 25.5 Å². The van der Waals surface area contributed by atoms with Crippen molar-refractivity contribution in [2.75, 3.05) is 26.7 Å². The third kappa shape index (κ3) is 5.45. The quantitative estimate of drug-likeness (QED) is 0.812. The van der Waals surface area contributed by atoms with Gasteiger partial charge < -0.3 is 5.32 Å². The molecule has 0 saturated carbocycles. The van der Waals surface area contributed by atoms with Crippen LogP contribution in [0.4, 0.5) is 0 Å². The molecule has 132 valence electrons. The zero-order valence-electron chi connectivity index (χ0n) is 14.1. The maximum atomic E-state index is 12.7. The Hall–Kier alpha value is -0.620. The molecule has 1 heterocycles. The van der Waals surface area contributed by atoms with Crippen LogP contribution in [0.3, 0.4) is 0 Å². The fraction of sp³-hybridized carbons (Fsp3) is 0.647. The van der Waals surface area contributed by atoms with Crippen LogP contribution >= 0.6 is 12.4 Å². The first-order valence-corrected chi connectivity index (χ1v) is 9.75. The van der Waals surface area contributed by atoms with E-state index in [9.17, 15) is 8.42 Å². The third-order valence-corrected chi connectivity index (χ3v) is 6.39. The lowest BCUT2D eigenvalue weighted by Gasteiger charge is -2.31. The fourth-order valence-corrected chi connectivity index (χ4v) is 4.52. The van der Waals surface area contributed by atoms with Gasteiger partial charge in [-0.3, -0.25) is 0 Å². The van der Waals surface area contributed by atoms with E-state index in [2.05, 4.69) is 12.2 Å². The Morgan fingerprint density at radius 3 is 2.30 bits per heavy atom. The predicted octanol–water partition coefficient (Wildman–Crippen LogP) is 3.07. The first-order chi connectivity index (χ1) is 10.6. The molecule has 0 radical (unpaired) electrons. The van der Waals surface area contributed by atoms with E-state index in [0.29, 0.717) is 23.9 Å². The lowest BCUT2D eigenvalue weighted by Crippen LogP contribution is -2.38. The molecule has 1 fully saturated rings. The first kappa shape index (κ1) is 20.4. The lowest BCUT2D eigenvalue weighted by atomic mass is 9.95. The Balaban J connectivity index is 0.00000264. The summed E-state index contributed by atoms with van der Waals surface area (Å²) in [5, 5.41) is 3.17. The first-order valence-electron chi connectivity index (χ1n) is 8.31. The summed E-state index contributed by atoms with van der Waals surface area (Å²) in [4.78, 5) is 0.432. The summed E-state index contributed by atoms with van der Waals surface area (Å²) in [6, 6.07) is 7.40. The highest BCUT2D eigenvalue weighted by Crippen LogP contribution is 2.25. The van der Waals surface area contributed by atoms with Crippen LogP contribution in [0, 0.1) is 5.92 Å². The Labute approximate surface area is 147 Å². The van der Waals surface area contributed by atoms with Crippen molar-refractivity contribution in [2.24, 2.45) is 5.92 Å². The topological polar surface area (TPSA) is 49.4 Å². The number of nitrogens with one attached hydrogen (secondary N) is 1. The molecule has 0 bridgehead atoms. The average molecular weight is 361 g/mol. The molecule has 1 aliphatic rings. The van der Waals surface area contributed by atoms with Crippen LogP contribution in [-0.2, 0) is 16.4 Å². The van der Waals surface area contributed by atoms with Crippen molar-refractivity contribution < 1.29 is 8.42 Å². The molecule has 1 aromatic carbocycles. The summed E-state index contributed by atoms with van der Waals surface area (Å²) < 4.78 is 27.0. The number of halogens is 1. The van der Waals surface area contributed by atoms with Gasteiger partial charge in [0.15, 0.2) is 0 Å². The molecule has 1 aromatic rings. The van der Waals surface area contributed by atoms with Gasteiger partial charge in [0.1, 0.15) is 0 Å². The van der Waals surface area contributed by atoms with Crippen molar-refractivity contribution in [3.8, 4) is 0 Å². The smallest absolute Gasteiger partial charge is 0.243 e. The van der Waals surface area contributed by atoms with Crippen LogP contribution in [-0.4, -0.2) is 39.4 Å². The molecule has 0 aliphatic carbocycles. The second-order valence-electron chi connectivity index (χ2n) is 6.13. The highest BCUT2D eigenvalue weighted by molar-refractivity contribution is 7.89. The molecule has 1 saturated heterocycles. The molecule has 23 heavy (non-hydrogen) atoms. The molecule has 0 amide bonds. The number of aryl methyl sites for hydroxylation is 1. The van der Waals surface area contributed by atoms with E-state index >= 15 is 0 Å². The summed E-state index contributed by atoms with van der Waals surface area (Å²) in [6.07, 6.45) is 5.14. The molecule has 0 atom stereocenters. The summed E-state index contributed by atoms with van der Waals surface area (Å²) >= 11 is 0. The Morgan fingerprint density at radius 2 is 1.78 bits per heavy atom. The number of rotatable bonds is 7. The van der Waals surface area contributed by atoms with Gasteiger partial charge in [0, 0.05) is 13.1 Å². The molecular weight excluding hydrogens is 332 g/mol. The second-order valence-corrected chi connectivity index (χ2v) is 8.07. The van der Waals surface area contributed by atoms with Crippen LogP contribution in [0.2, 0.25) is 0 Å². The standard InChI is InChI=1S/C17H28N2O2S.ClH/c1-3-4-15-5-7-17(8-6-15)22(20,21)19-13-10-16(11-14-19)9-12-18-2;/h5-8,16,18H,3-4,9-14H2,1-2H3;1H. The number of nitrogens with zero attached hydrogens (tertiary/aromatic N) is 1. The average Bonchev–Trinajstić information content (AvgIpc) is 2.54. The fourth-order valence-electron chi connectivity index (χ4n) is 3.05. The van der Waals surface area contributed by atoms with Gasteiger partial charge in [0.05, 0.1) is 4.90 Å². The maximum absolute atomic E-state index is 12.7. The second kappa shape index (κ2) is 9.62. The largest absolute Gasteiger partial charge is 0.320 e. The van der Waals surface area contributed by atoms with Crippen molar-refractivity contribution in [3.63, 3.8) is 0 Å². The zero-order chi connectivity index (χ0) is 16.0. The summed E-state index contributed by atoms with van der Waals surface area (Å²) in [6.45, 7) is 4.43. The van der Waals surface area contributed by atoms with Gasteiger partial charge >= 0.3 is 0 Å². The molecule has 0 spiro atoms. The van der Waals surface area contributed by atoms with Gasteiger partial charge in [-0.05, 0) is 62.9 Å². The minimum atomic E-state index is -3.32. The Morgan fingerprint density at radius 1 is 1.17 bits per heavy atom. The van der Waals surface area contributed by atoms with Gasteiger partial charge in [-0.25, -0.2) is 8.42 Å². The number of benzene rings is 1. The van der Waals surface area contributed by atoms with Crippen LogP contribution in [0.5, 0.6) is 0 Å². The van der Waals surface area contributed by atoms with Crippen molar-refractivity contribution in [2.45, 2.75) is 43.9 Å². The highest BCUT2D eigenvalue weighted by Gasteiger charge is 2.28. The summed E-state index contributed by atoms with van der Waals surface area (Å²) in [5.74, 6) is 0.644. The molecular formula is C17H29ClN2O2S. The van der Waals surface area contributed by atoms with E-state index in [1.807, 2.05) is 19.2 Å². The van der Waals surface area contributed by atoms with Crippen LogP contribution in [0.25, 0.3) is 0 Å². The third-order valence-electron chi connectivity index (χ3n) is 4.48. The minimum Gasteiger partial charge on any atom is -0.320 e. The minimum absolute atomic E-state index is 0. The summed E-state index contributed by atoms with van der Waals surface area (Å²) in [5.41, 5.74) is 1.20. The van der Waals surface area contributed by atoms with E-state index in [1.54, 1.807) is 16.4 Å². The molecule has 0 unspecified atom stereocenters. The van der Waals surface area contributed by atoms with Gasteiger partial charge in [0.2, 0.25) is 10.0 Å². The number of hydrogen-bond acceptors (Lipinski definition) is 3.